The van der Waals surface area contributed by atoms with Crippen LogP contribution in [0.3, 0.4) is 0 Å². The predicted octanol–water partition coefficient (Wildman–Crippen LogP) is 14.5. The summed E-state index contributed by atoms with van der Waals surface area (Å²) in [5.74, 6) is 0.712. The van der Waals surface area contributed by atoms with Crippen LogP contribution in [-0.2, 0) is 0 Å². The van der Waals surface area contributed by atoms with Crippen LogP contribution < -0.4 is 0 Å². The van der Waals surface area contributed by atoms with Gasteiger partial charge in [-0.1, -0.05) is 194 Å². The molecule has 10 aromatic rings. The van der Waals surface area contributed by atoms with Crippen LogP contribution in [0.1, 0.15) is 0 Å². The standard InChI is InChI=1S/C54H36N2/c1-3-12-37(13-4-1)39-24-28-42(29-25-39)52-51-33-32-41-16-7-8-23-50(41)53(51)56-54(55-52)43-30-26-40(27-31-43)45-18-10-20-47(35-45)49-22-11-21-48(36-49)46-19-9-17-44(34-46)38-14-5-2-6-15-38/h1-36H. The first kappa shape index (κ1) is 33.2. The predicted molar refractivity (Wildman–Crippen MR) is 235 cm³/mol. The maximum atomic E-state index is 5.25. The number of hydrogen-bond acceptors (Lipinski definition) is 2. The molecule has 0 saturated carbocycles. The van der Waals surface area contributed by atoms with Crippen LogP contribution in [0.25, 0.3) is 100.0 Å². The minimum absolute atomic E-state index is 0.712. The van der Waals surface area contributed by atoms with E-state index < -0.39 is 0 Å². The third kappa shape index (κ3) is 6.44. The molecule has 0 fully saturated rings. The van der Waals surface area contributed by atoms with E-state index in [2.05, 4.69) is 212 Å². The van der Waals surface area contributed by atoms with Crippen molar-refractivity contribution in [3.8, 4) is 78.3 Å². The Morgan fingerprint density at radius 2 is 0.625 bits per heavy atom. The third-order valence-electron chi connectivity index (χ3n) is 10.7. The van der Waals surface area contributed by atoms with Gasteiger partial charge in [0.15, 0.2) is 5.82 Å². The van der Waals surface area contributed by atoms with Crippen molar-refractivity contribution in [2.24, 2.45) is 0 Å². The molecule has 9 aromatic carbocycles. The zero-order chi connectivity index (χ0) is 37.3. The molecule has 0 radical (unpaired) electrons. The molecule has 0 N–H and O–H groups in total. The Morgan fingerprint density at radius 1 is 0.232 bits per heavy atom. The van der Waals surface area contributed by atoms with Gasteiger partial charge in [-0.2, -0.15) is 0 Å². The van der Waals surface area contributed by atoms with Gasteiger partial charge in [-0.05, 0) is 85.3 Å². The molecule has 10 rings (SSSR count). The van der Waals surface area contributed by atoms with E-state index in [1.54, 1.807) is 0 Å². The van der Waals surface area contributed by atoms with Gasteiger partial charge >= 0.3 is 0 Å². The van der Waals surface area contributed by atoms with Gasteiger partial charge < -0.3 is 0 Å². The van der Waals surface area contributed by atoms with Crippen LogP contribution in [0, 0.1) is 0 Å². The summed E-state index contributed by atoms with van der Waals surface area (Å²) in [7, 11) is 0. The fourth-order valence-electron chi connectivity index (χ4n) is 7.74. The van der Waals surface area contributed by atoms with E-state index in [9.17, 15) is 0 Å². The van der Waals surface area contributed by atoms with Gasteiger partial charge in [-0.15, -0.1) is 0 Å². The molecule has 1 heterocycles. The second kappa shape index (κ2) is 14.4. The Hall–Kier alpha value is -7.42. The maximum Gasteiger partial charge on any atom is 0.160 e. The molecule has 0 amide bonds. The fraction of sp³-hybridized carbons (Fsp3) is 0. The summed E-state index contributed by atoms with van der Waals surface area (Å²) in [6.45, 7) is 0. The van der Waals surface area contributed by atoms with E-state index in [1.807, 2.05) is 6.07 Å². The Kier molecular flexibility index (Phi) is 8.55. The summed E-state index contributed by atoms with van der Waals surface area (Å²) in [6.07, 6.45) is 0. The highest BCUT2D eigenvalue weighted by molar-refractivity contribution is 6.09. The summed E-state index contributed by atoms with van der Waals surface area (Å²) in [5, 5.41) is 3.33. The summed E-state index contributed by atoms with van der Waals surface area (Å²) >= 11 is 0. The van der Waals surface area contributed by atoms with E-state index in [0.717, 1.165) is 49.6 Å². The largest absolute Gasteiger partial charge is 0.227 e. The first-order valence-electron chi connectivity index (χ1n) is 19.1. The minimum atomic E-state index is 0.712. The molecular weight excluding hydrogens is 677 g/mol. The molecule has 0 unspecified atom stereocenters. The van der Waals surface area contributed by atoms with Crippen molar-refractivity contribution in [2.45, 2.75) is 0 Å². The van der Waals surface area contributed by atoms with Crippen LogP contribution >= 0.6 is 0 Å². The van der Waals surface area contributed by atoms with Gasteiger partial charge in [-0.3, -0.25) is 0 Å². The van der Waals surface area contributed by atoms with Crippen molar-refractivity contribution in [3.05, 3.63) is 218 Å². The minimum Gasteiger partial charge on any atom is -0.227 e. The Labute approximate surface area is 327 Å². The fourth-order valence-corrected chi connectivity index (χ4v) is 7.74. The lowest BCUT2D eigenvalue weighted by Crippen LogP contribution is -1.96. The Morgan fingerprint density at radius 3 is 1.18 bits per heavy atom. The molecule has 2 nitrogen and oxygen atoms in total. The van der Waals surface area contributed by atoms with Crippen LogP contribution in [0.5, 0.6) is 0 Å². The van der Waals surface area contributed by atoms with Crippen LogP contribution in [0.15, 0.2) is 218 Å². The van der Waals surface area contributed by atoms with E-state index in [0.29, 0.717) is 5.82 Å². The van der Waals surface area contributed by atoms with Crippen LogP contribution in [0.4, 0.5) is 0 Å². The van der Waals surface area contributed by atoms with Gasteiger partial charge in [0.25, 0.3) is 0 Å². The van der Waals surface area contributed by atoms with E-state index in [4.69, 9.17) is 9.97 Å². The molecule has 0 aliphatic carbocycles. The van der Waals surface area contributed by atoms with Gasteiger partial charge in [-0.25, -0.2) is 9.97 Å². The van der Waals surface area contributed by atoms with Gasteiger partial charge in [0, 0.05) is 21.9 Å². The zero-order valence-corrected chi connectivity index (χ0v) is 30.7. The average molecular weight is 713 g/mol. The lowest BCUT2D eigenvalue weighted by atomic mass is 9.94. The van der Waals surface area contributed by atoms with E-state index in [1.165, 1.54) is 44.5 Å². The van der Waals surface area contributed by atoms with Gasteiger partial charge in [0.2, 0.25) is 0 Å². The summed E-state index contributed by atoms with van der Waals surface area (Å²) in [6, 6.07) is 77.7. The van der Waals surface area contributed by atoms with Crippen molar-refractivity contribution in [3.63, 3.8) is 0 Å². The Balaban J connectivity index is 0.985. The second-order valence-electron chi connectivity index (χ2n) is 14.2. The summed E-state index contributed by atoms with van der Waals surface area (Å²) < 4.78 is 0. The molecule has 56 heavy (non-hydrogen) atoms. The smallest absolute Gasteiger partial charge is 0.160 e. The molecule has 0 bridgehead atoms. The number of fused-ring (bicyclic) bond motifs is 3. The monoisotopic (exact) mass is 712 g/mol. The van der Waals surface area contributed by atoms with Gasteiger partial charge in [0.1, 0.15) is 0 Å². The molecule has 2 heteroatoms. The molecule has 0 aliphatic rings. The van der Waals surface area contributed by atoms with Crippen LogP contribution in [-0.4, -0.2) is 9.97 Å². The first-order chi connectivity index (χ1) is 27.7. The first-order valence-corrected chi connectivity index (χ1v) is 19.1. The molecule has 0 saturated heterocycles. The number of benzene rings is 9. The normalized spacial score (nSPS) is 11.2. The molecule has 0 aliphatic heterocycles. The third-order valence-corrected chi connectivity index (χ3v) is 10.7. The van der Waals surface area contributed by atoms with Gasteiger partial charge in [0.05, 0.1) is 11.2 Å². The molecule has 262 valence electrons. The highest BCUT2D eigenvalue weighted by Gasteiger charge is 2.15. The lowest BCUT2D eigenvalue weighted by molar-refractivity contribution is 1.23. The lowest BCUT2D eigenvalue weighted by Gasteiger charge is -2.13. The molecular formula is C54H36N2. The molecule has 0 spiro atoms. The SMILES string of the molecule is c1ccc(-c2ccc(-c3nc(-c4ccc(-c5cccc(-c6cccc(-c7cccc(-c8ccccc8)c7)c6)c5)cc4)nc4c3ccc3ccccc34)cc2)cc1. The quantitative estimate of drug-likeness (QED) is 0.154. The molecule has 1 aromatic heterocycles. The zero-order valence-electron chi connectivity index (χ0n) is 30.7. The highest BCUT2D eigenvalue weighted by Crippen LogP contribution is 2.36. The van der Waals surface area contributed by atoms with Crippen molar-refractivity contribution < 1.29 is 0 Å². The van der Waals surface area contributed by atoms with Crippen molar-refractivity contribution in [2.75, 3.05) is 0 Å². The summed E-state index contributed by atoms with van der Waals surface area (Å²) in [4.78, 5) is 10.5. The average Bonchev–Trinajstić information content (AvgIpc) is 3.29. The number of nitrogens with zero attached hydrogens (tertiary/aromatic N) is 2. The van der Waals surface area contributed by atoms with Crippen molar-refractivity contribution in [1.29, 1.82) is 0 Å². The van der Waals surface area contributed by atoms with Crippen molar-refractivity contribution in [1.82, 2.24) is 9.97 Å². The highest BCUT2D eigenvalue weighted by atomic mass is 14.9. The van der Waals surface area contributed by atoms with E-state index in [-0.39, 0.29) is 0 Å². The topological polar surface area (TPSA) is 25.8 Å². The van der Waals surface area contributed by atoms with Crippen molar-refractivity contribution >= 4 is 21.7 Å². The molecule has 0 atom stereocenters. The number of rotatable bonds is 7. The summed E-state index contributed by atoms with van der Waals surface area (Å²) in [5.41, 5.74) is 15.8. The second-order valence-corrected chi connectivity index (χ2v) is 14.2. The Bertz CT molecular complexity index is 2990. The number of hydrogen-bond donors (Lipinski definition) is 0. The number of aromatic nitrogens is 2. The van der Waals surface area contributed by atoms with Crippen LogP contribution in [0.2, 0.25) is 0 Å². The van der Waals surface area contributed by atoms with E-state index >= 15 is 0 Å². The maximum absolute atomic E-state index is 5.25.